The van der Waals surface area contributed by atoms with Gasteiger partial charge < -0.3 is 16.0 Å². The molecule has 0 atom stereocenters. The highest BCUT2D eigenvalue weighted by Crippen LogP contribution is 2.19. The molecule has 17 heavy (non-hydrogen) atoms. The summed E-state index contributed by atoms with van der Waals surface area (Å²) < 4.78 is 0. The molecule has 0 aromatic carbocycles. The number of aromatic nitrogens is 1. The van der Waals surface area contributed by atoms with Crippen molar-refractivity contribution < 1.29 is 4.79 Å². The predicted molar refractivity (Wildman–Crippen MR) is 67.0 cm³/mol. The van der Waals surface area contributed by atoms with Gasteiger partial charge in [-0.15, -0.1) is 0 Å². The lowest BCUT2D eigenvalue weighted by atomic mass is 10.0. The number of amides is 1. The number of rotatable bonds is 2. The zero-order chi connectivity index (χ0) is 12.5. The van der Waals surface area contributed by atoms with Gasteiger partial charge in [0, 0.05) is 37.1 Å². The molecule has 1 fully saturated rings. The quantitative estimate of drug-likeness (QED) is 0.775. The molecule has 5 heteroatoms. The Morgan fingerprint density at radius 2 is 2.35 bits per heavy atom. The van der Waals surface area contributed by atoms with Crippen LogP contribution in [0.1, 0.15) is 24.3 Å². The van der Waals surface area contributed by atoms with Crippen LogP contribution in [-0.4, -0.2) is 36.1 Å². The minimum Gasteiger partial charge on any atom is -0.368 e. The predicted octanol–water partition coefficient (Wildman–Crippen LogP) is 0.369. The lowest BCUT2D eigenvalue weighted by Gasteiger charge is -2.40. The second-order valence-corrected chi connectivity index (χ2v) is 5.00. The van der Waals surface area contributed by atoms with E-state index < -0.39 is 5.91 Å². The minimum absolute atomic E-state index is 0.0778. The summed E-state index contributed by atoms with van der Waals surface area (Å²) in [7, 11) is 0. The third-order valence-corrected chi connectivity index (χ3v) is 2.93. The SMILES string of the molecule is CC1(C)CN(c2ccnc(C(N)=O)c2)CCN1. The highest BCUT2D eigenvalue weighted by molar-refractivity contribution is 5.91. The number of carbonyl (C=O) groups is 1. The number of primary amides is 1. The number of hydrogen-bond donors (Lipinski definition) is 2. The van der Waals surface area contributed by atoms with Crippen molar-refractivity contribution in [2.75, 3.05) is 24.5 Å². The van der Waals surface area contributed by atoms with Gasteiger partial charge in [-0.3, -0.25) is 9.78 Å². The van der Waals surface area contributed by atoms with E-state index in [-0.39, 0.29) is 5.54 Å². The fourth-order valence-corrected chi connectivity index (χ4v) is 2.11. The van der Waals surface area contributed by atoms with Crippen LogP contribution in [0.3, 0.4) is 0 Å². The molecule has 0 saturated carbocycles. The highest BCUT2D eigenvalue weighted by atomic mass is 16.1. The first kappa shape index (κ1) is 11.9. The molecule has 3 N–H and O–H groups in total. The minimum atomic E-state index is -0.485. The highest BCUT2D eigenvalue weighted by Gasteiger charge is 2.26. The first-order chi connectivity index (χ1) is 7.98. The van der Waals surface area contributed by atoms with E-state index >= 15 is 0 Å². The molecule has 2 rings (SSSR count). The van der Waals surface area contributed by atoms with Gasteiger partial charge in [-0.2, -0.15) is 0 Å². The Labute approximate surface area is 101 Å². The molecular weight excluding hydrogens is 216 g/mol. The van der Waals surface area contributed by atoms with Crippen molar-refractivity contribution in [3.05, 3.63) is 24.0 Å². The molecule has 5 nitrogen and oxygen atoms in total. The van der Waals surface area contributed by atoms with Crippen molar-refractivity contribution in [1.29, 1.82) is 0 Å². The van der Waals surface area contributed by atoms with Gasteiger partial charge >= 0.3 is 0 Å². The second-order valence-electron chi connectivity index (χ2n) is 5.00. The molecule has 1 aliphatic heterocycles. The van der Waals surface area contributed by atoms with Crippen LogP contribution >= 0.6 is 0 Å². The Bertz CT molecular complexity index is 430. The maximum absolute atomic E-state index is 11.1. The second kappa shape index (κ2) is 4.33. The summed E-state index contributed by atoms with van der Waals surface area (Å²) in [6, 6.07) is 3.66. The van der Waals surface area contributed by atoms with Crippen LogP contribution in [0.25, 0.3) is 0 Å². The van der Waals surface area contributed by atoms with Gasteiger partial charge in [0.15, 0.2) is 0 Å². The first-order valence-electron chi connectivity index (χ1n) is 5.74. The molecule has 1 amide bonds. The van der Waals surface area contributed by atoms with Crippen molar-refractivity contribution >= 4 is 11.6 Å². The van der Waals surface area contributed by atoms with Gasteiger partial charge in [0.2, 0.25) is 0 Å². The molecule has 0 spiro atoms. The summed E-state index contributed by atoms with van der Waals surface area (Å²) in [6.45, 7) is 7.08. The summed E-state index contributed by atoms with van der Waals surface area (Å²) in [6.07, 6.45) is 1.63. The van der Waals surface area contributed by atoms with Crippen LogP contribution in [0.4, 0.5) is 5.69 Å². The molecule has 0 bridgehead atoms. The van der Waals surface area contributed by atoms with Gasteiger partial charge in [0.25, 0.3) is 5.91 Å². The van der Waals surface area contributed by atoms with E-state index in [1.165, 1.54) is 0 Å². The molecule has 0 radical (unpaired) electrons. The van der Waals surface area contributed by atoms with Crippen LogP contribution in [0.15, 0.2) is 18.3 Å². The molecule has 1 aromatic heterocycles. The number of hydrogen-bond acceptors (Lipinski definition) is 4. The maximum Gasteiger partial charge on any atom is 0.267 e. The molecule has 0 aliphatic carbocycles. The third-order valence-electron chi connectivity index (χ3n) is 2.93. The van der Waals surface area contributed by atoms with Gasteiger partial charge in [0.05, 0.1) is 0 Å². The van der Waals surface area contributed by atoms with E-state index in [1.807, 2.05) is 6.07 Å². The summed E-state index contributed by atoms with van der Waals surface area (Å²) >= 11 is 0. The molecule has 1 aromatic rings. The van der Waals surface area contributed by atoms with Gasteiger partial charge in [-0.05, 0) is 26.0 Å². The van der Waals surface area contributed by atoms with Crippen LogP contribution < -0.4 is 16.0 Å². The Morgan fingerprint density at radius 3 is 3.00 bits per heavy atom. The Morgan fingerprint density at radius 1 is 1.59 bits per heavy atom. The zero-order valence-electron chi connectivity index (χ0n) is 10.2. The number of piperazine rings is 1. The first-order valence-corrected chi connectivity index (χ1v) is 5.74. The average molecular weight is 234 g/mol. The Hall–Kier alpha value is -1.62. The average Bonchev–Trinajstić information content (AvgIpc) is 2.28. The number of anilines is 1. The van der Waals surface area contributed by atoms with Crippen molar-refractivity contribution in [1.82, 2.24) is 10.3 Å². The van der Waals surface area contributed by atoms with Crippen molar-refractivity contribution in [3.8, 4) is 0 Å². The van der Waals surface area contributed by atoms with Crippen molar-refractivity contribution in [2.45, 2.75) is 19.4 Å². The summed E-state index contributed by atoms with van der Waals surface area (Å²) in [5.41, 5.74) is 6.63. The van der Waals surface area contributed by atoms with E-state index in [0.29, 0.717) is 5.69 Å². The number of nitrogens with one attached hydrogen (secondary N) is 1. The maximum atomic E-state index is 11.1. The van der Waals surface area contributed by atoms with E-state index in [9.17, 15) is 4.79 Å². The number of nitrogens with two attached hydrogens (primary N) is 1. The summed E-state index contributed by atoms with van der Waals surface area (Å²) in [5.74, 6) is -0.485. The standard InChI is InChI=1S/C12H18N4O/c1-12(2)8-16(6-5-15-12)9-3-4-14-10(7-9)11(13)17/h3-4,7,15H,5-6,8H2,1-2H3,(H2,13,17). The Balaban J connectivity index is 2.22. The zero-order valence-corrected chi connectivity index (χ0v) is 10.2. The monoisotopic (exact) mass is 234 g/mol. The normalized spacial score (nSPS) is 19.1. The smallest absolute Gasteiger partial charge is 0.267 e. The van der Waals surface area contributed by atoms with E-state index in [4.69, 9.17) is 5.73 Å². The van der Waals surface area contributed by atoms with Crippen molar-refractivity contribution in [2.24, 2.45) is 5.73 Å². The van der Waals surface area contributed by atoms with Gasteiger partial charge in [-0.1, -0.05) is 0 Å². The molecule has 92 valence electrons. The van der Waals surface area contributed by atoms with Gasteiger partial charge in [-0.25, -0.2) is 0 Å². The van der Waals surface area contributed by atoms with E-state index in [1.54, 1.807) is 12.3 Å². The van der Waals surface area contributed by atoms with Gasteiger partial charge in [0.1, 0.15) is 5.69 Å². The van der Waals surface area contributed by atoms with Crippen LogP contribution in [-0.2, 0) is 0 Å². The van der Waals surface area contributed by atoms with Crippen LogP contribution in [0, 0.1) is 0 Å². The van der Waals surface area contributed by atoms with Crippen LogP contribution in [0.5, 0.6) is 0 Å². The third kappa shape index (κ3) is 2.74. The molecule has 1 aliphatic rings. The summed E-state index contributed by atoms with van der Waals surface area (Å²) in [5, 5.41) is 3.45. The Kier molecular flexibility index (Phi) is 3.02. The fraction of sp³-hybridized carbons (Fsp3) is 0.500. The molecule has 2 heterocycles. The number of pyridine rings is 1. The molecule has 1 saturated heterocycles. The molecule has 0 unspecified atom stereocenters. The fourth-order valence-electron chi connectivity index (χ4n) is 2.11. The topological polar surface area (TPSA) is 71.2 Å². The largest absolute Gasteiger partial charge is 0.368 e. The lowest BCUT2D eigenvalue weighted by Crippen LogP contribution is -2.57. The van der Waals surface area contributed by atoms with Crippen molar-refractivity contribution in [3.63, 3.8) is 0 Å². The summed E-state index contributed by atoms with van der Waals surface area (Å²) in [4.78, 5) is 17.3. The number of carbonyl (C=O) groups excluding carboxylic acids is 1. The number of nitrogens with zero attached hydrogens (tertiary/aromatic N) is 2. The molecular formula is C12H18N4O. The van der Waals surface area contributed by atoms with Crippen LogP contribution in [0.2, 0.25) is 0 Å². The lowest BCUT2D eigenvalue weighted by molar-refractivity contribution is 0.0995. The van der Waals surface area contributed by atoms with E-state index in [2.05, 4.69) is 29.0 Å². The van der Waals surface area contributed by atoms with E-state index in [0.717, 1.165) is 25.3 Å².